The summed E-state index contributed by atoms with van der Waals surface area (Å²) in [4.78, 5) is 8.46. The second kappa shape index (κ2) is 5.96. The number of aryl methyl sites for hydroxylation is 4. The van der Waals surface area contributed by atoms with E-state index in [1.165, 1.54) is 12.8 Å². The summed E-state index contributed by atoms with van der Waals surface area (Å²) in [6.07, 6.45) is 2.40. The number of phenolic OH excluding ortho intramolecular Hbond substituents is 1. The molecule has 1 fully saturated rings. The lowest BCUT2D eigenvalue weighted by Crippen LogP contribution is -1.89. The van der Waals surface area contributed by atoms with Crippen molar-refractivity contribution in [2.75, 3.05) is 0 Å². The van der Waals surface area contributed by atoms with Crippen LogP contribution in [0.25, 0.3) is 33.3 Å². The minimum atomic E-state index is 0.352. The summed E-state index contributed by atoms with van der Waals surface area (Å²) >= 11 is 0. The van der Waals surface area contributed by atoms with E-state index >= 15 is 0 Å². The molecule has 4 aromatic rings. The van der Waals surface area contributed by atoms with Gasteiger partial charge in [-0.05, 0) is 87.1 Å². The Bertz CT molecular complexity index is 1190. The van der Waals surface area contributed by atoms with Crippen LogP contribution < -0.4 is 0 Å². The molecule has 28 heavy (non-hydrogen) atoms. The first-order valence-electron chi connectivity index (χ1n) is 9.70. The van der Waals surface area contributed by atoms with Crippen LogP contribution >= 0.6 is 0 Å². The predicted molar refractivity (Wildman–Crippen MR) is 110 cm³/mol. The summed E-state index contributed by atoms with van der Waals surface area (Å²) < 4.78 is 5.40. The summed E-state index contributed by atoms with van der Waals surface area (Å²) in [6.45, 7) is 7.77. The third kappa shape index (κ3) is 2.61. The average Bonchev–Trinajstić information content (AvgIpc) is 3.34. The van der Waals surface area contributed by atoms with Crippen LogP contribution in [0.2, 0.25) is 0 Å². The Hall–Kier alpha value is -3.08. The van der Waals surface area contributed by atoms with Gasteiger partial charge in [0.1, 0.15) is 17.3 Å². The molecule has 1 aliphatic carbocycles. The summed E-state index contributed by atoms with van der Waals surface area (Å²) in [7, 11) is 0. The first kappa shape index (κ1) is 17.0. The number of phenols is 1. The van der Waals surface area contributed by atoms with Gasteiger partial charge >= 0.3 is 0 Å². The van der Waals surface area contributed by atoms with Crippen molar-refractivity contribution in [3.63, 3.8) is 0 Å². The number of aromatic nitrogens is 3. The minimum absolute atomic E-state index is 0.352. The highest BCUT2D eigenvalue weighted by atomic mass is 16.5. The van der Waals surface area contributed by atoms with E-state index in [1.807, 2.05) is 39.8 Å². The maximum atomic E-state index is 10.2. The number of hydrogen-bond donors (Lipinski definition) is 2. The van der Waals surface area contributed by atoms with Crippen LogP contribution in [-0.2, 0) is 0 Å². The molecule has 0 saturated heterocycles. The molecule has 1 saturated carbocycles. The van der Waals surface area contributed by atoms with Crippen LogP contribution in [0.1, 0.15) is 47.2 Å². The van der Waals surface area contributed by atoms with Crippen molar-refractivity contribution >= 4 is 11.0 Å². The van der Waals surface area contributed by atoms with Crippen molar-refractivity contribution in [2.24, 2.45) is 0 Å². The fraction of sp³-hybridized carbons (Fsp3) is 0.304. The second-order valence-electron chi connectivity index (χ2n) is 7.97. The predicted octanol–water partition coefficient (Wildman–Crippen LogP) is 5.70. The highest BCUT2D eigenvalue weighted by Crippen LogP contribution is 2.42. The Labute approximate surface area is 163 Å². The molecule has 2 aromatic carbocycles. The monoisotopic (exact) mass is 373 g/mol. The Morgan fingerprint density at radius 2 is 1.71 bits per heavy atom. The lowest BCUT2D eigenvalue weighted by molar-refractivity contribution is 0.393. The number of nitrogens with zero attached hydrogens (tertiary/aromatic N) is 2. The molecule has 2 heterocycles. The van der Waals surface area contributed by atoms with E-state index in [4.69, 9.17) is 9.51 Å². The highest BCUT2D eigenvalue weighted by molar-refractivity contribution is 5.97. The van der Waals surface area contributed by atoms with Crippen molar-refractivity contribution in [3.8, 4) is 28.0 Å². The van der Waals surface area contributed by atoms with Gasteiger partial charge in [-0.3, -0.25) is 0 Å². The molecule has 0 unspecified atom stereocenters. The molecule has 1 aliphatic rings. The van der Waals surface area contributed by atoms with E-state index in [0.717, 1.165) is 61.7 Å². The molecule has 0 aliphatic heterocycles. The lowest BCUT2D eigenvalue weighted by atomic mass is 9.94. The van der Waals surface area contributed by atoms with Crippen molar-refractivity contribution in [3.05, 3.63) is 52.7 Å². The molecule has 0 bridgehead atoms. The first-order valence-corrected chi connectivity index (χ1v) is 9.70. The van der Waals surface area contributed by atoms with Crippen LogP contribution in [-0.4, -0.2) is 20.2 Å². The maximum absolute atomic E-state index is 10.2. The summed E-state index contributed by atoms with van der Waals surface area (Å²) in [5.41, 5.74) is 8.83. The zero-order valence-electron chi connectivity index (χ0n) is 16.6. The highest BCUT2D eigenvalue weighted by Gasteiger charge is 2.28. The fourth-order valence-electron chi connectivity index (χ4n) is 4.06. The summed E-state index contributed by atoms with van der Waals surface area (Å²) in [5.74, 6) is 2.77. The van der Waals surface area contributed by atoms with Crippen LogP contribution in [0.15, 0.2) is 28.8 Å². The molecular formula is C23H23N3O2. The van der Waals surface area contributed by atoms with Gasteiger partial charge in [0, 0.05) is 17.0 Å². The Kier molecular flexibility index (Phi) is 3.63. The molecule has 5 heteroatoms. The van der Waals surface area contributed by atoms with Crippen LogP contribution in [0, 0.1) is 27.7 Å². The van der Waals surface area contributed by atoms with Crippen molar-refractivity contribution < 1.29 is 9.63 Å². The van der Waals surface area contributed by atoms with Gasteiger partial charge < -0.3 is 14.6 Å². The fourth-order valence-corrected chi connectivity index (χ4v) is 4.06. The SMILES string of the molecule is Cc1cc(-c2cc(-c3c(C)noc3C)cc3nc(C4CC4)[nH]c23)cc(C)c1O. The molecule has 142 valence electrons. The number of aromatic amines is 1. The number of nitrogens with one attached hydrogen (secondary N) is 1. The smallest absolute Gasteiger partial charge is 0.141 e. The van der Waals surface area contributed by atoms with Crippen molar-refractivity contribution in [1.82, 2.24) is 15.1 Å². The lowest BCUT2D eigenvalue weighted by Gasteiger charge is -2.11. The second-order valence-corrected chi connectivity index (χ2v) is 7.97. The number of aromatic hydroxyl groups is 1. The van der Waals surface area contributed by atoms with E-state index in [-0.39, 0.29) is 0 Å². The Morgan fingerprint density at radius 3 is 2.32 bits per heavy atom. The molecule has 5 nitrogen and oxygen atoms in total. The minimum Gasteiger partial charge on any atom is -0.507 e. The molecule has 2 aromatic heterocycles. The summed E-state index contributed by atoms with van der Waals surface area (Å²) in [6, 6.07) is 8.36. The summed E-state index contributed by atoms with van der Waals surface area (Å²) in [5, 5.41) is 14.3. The number of fused-ring (bicyclic) bond motifs is 1. The first-order chi connectivity index (χ1) is 13.4. The molecule has 2 N–H and O–H groups in total. The largest absolute Gasteiger partial charge is 0.507 e. The van der Waals surface area contributed by atoms with Gasteiger partial charge in [-0.1, -0.05) is 5.16 Å². The van der Waals surface area contributed by atoms with Crippen molar-refractivity contribution in [1.29, 1.82) is 0 Å². The van der Waals surface area contributed by atoms with E-state index in [9.17, 15) is 5.11 Å². The molecule has 5 rings (SSSR count). The van der Waals surface area contributed by atoms with Crippen LogP contribution in [0.4, 0.5) is 0 Å². The Balaban J connectivity index is 1.81. The van der Waals surface area contributed by atoms with Crippen LogP contribution in [0.3, 0.4) is 0 Å². The zero-order valence-corrected chi connectivity index (χ0v) is 16.6. The Morgan fingerprint density at radius 1 is 1.00 bits per heavy atom. The van der Waals surface area contributed by atoms with Gasteiger partial charge in [0.15, 0.2) is 0 Å². The van der Waals surface area contributed by atoms with Gasteiger partial charge in [0.2, 0.25) is 0 Å². The molecule has 0 spiro atoms. The quantitative estimate of drug-likeness (QED) is 0.483. The third-order valence-electron chi connectivity index (χ3n) is 5.70. The standard InChI is InChI=1S/C23H23N3O2/c1-11-7-16(8-12(2)22(11)27)18-9-17(20-13(3)26-28-14(20)4)10-19-21(18)25-23(24-19)15-5-6-15/h7-10,15,27H,5-6H2,1-4H3,(H,24,25). The molecular weight excluding hydrogens is 350 g/mol. The maximum Gasteiger partial charge on any atom is 0.141 e. The number of imidazole rings is 1. The van der Waals surface area contributed by atoms with Gasteiger partial charge in [-0.2, -0.15) is 0 Å². The van der Waals surface area contributed by atoms with E-state index in [2.05, 4.69) is 22.3 Å². The van der Waals surface area contributed by atoms with Gasteiger partial charge in [-0.25, -0.2) is 4.98 Å². The van der Waals surface area contributed by atoms with Gasteiger partial charge in [-0.15, -0.1) is 0 Å². The van der Waals surface area contributed by atoms with Gasteiger partial charge in [0.05, 0.1) is 16.7 Å². The number of H-pyrrole nitrogens is 1. The third-order valence-corrected chi connectivity index (χ3v) is 5.70. The van der Waals surface area contributed by atoms with E-state index in [1.54, 1.807) is 0 Å². The van der Waals surface area contributed by atoms with Crippen molar-refractivity contribution in [2.45, 2.75) is 46.5 Å². The number of hydrogen-bond acceptors (Lipinski definition) is 4. The van der Waals surface area contributed by atoms with Gasteiger partial charge in [0.25, 0.3) is 0 Å². The molecule has 0 radical (unpaired) electrons. The topological polar surface area (TPSA) is 74.9 Å². The molecule has 0 atom stereocenters. The zero-order chi connectivity index (χ0) is 19.6. The van der Waals surface area contributed by atoms with Crippen LogP contribution in [0.5, 0.6) is 5.75 Å². The number of benzene rings is 2. The normalized spacial score (nSPS) is 14.1. The average molecular weight is 373 g/mol. The molecule has 0 amide bonds. The van der Waals surface area contributed by atoms with E-state index < -0.39 is 0 Å². The van der Waals surface area contributed by atoms with E-state index in [0.29, 0.717) is 11.7 Å². The number of rotatable bonds is 3.